The number of H-pyrrole nitrogens is 1. The Labute approximate surface area is 185 Å². The lowest BCUT2D eigenvalue weighted by atomic mass is 10.1. The predicted octanol–water partition coefficient (Wildman–Crippen LogP) is 4.06. The number of nitrogens with zero attached hydrogens (tertiary/aromatic N) is 3. The Hall–Kier alpha value is -4.17. The minimum Gasteiger partial charge on any atom is -0.497 e. The molecule has 0 aliphatic rings. The molecule has 0 fully saturated rings. The first-order valence-electron chi connectivity index (χ1n) is 9.57. The lowest BCUT2D eigenvalue weighted by Gasteiger charge is -2.08. The summed E-state index contributed by atoms with van der Waals surface area (Å²) in [4.78, 5) is 32.9. The van der Waals surface area contributed by atoms with Gasteiger partial charge >= 0.3 is 5.69 Å². The zero-order valence-electron chi connectivity index (χ0n) is 16.7. The lowest BCUT2D eigenvalue weighted by Crippen LogP contribution is -2.33. The predicted molar refractivity (Wildman–Crippen MR) is 120 cm³/mol. The molecular formula is C23H15ClN4O4. The zero-order chi connectivity index (χ0) is 22.2. The topological polar surface area (TPSA) is 103 Å². The Morgan fingerprint density at radius 1 is 1.03 bits per heavy atom. The van der Waals surface area contributed by atoms with Gasteiger partial charge in [0.05, 0.1) is 28.7 Å². The van der Waals surface area contributed by atoms with Gasteiger partial charge in [0.25, 0.3) is 11.4 Å². The summed E-state index contributed by atoms with van der Waals surface area (Å²) >= 11 is 6.20. The number of halogens is 1. The van der Waals surface area contributed by atoms with Crippen LogP contribution in [0.4, 0.5) is 0 Å². The summed E-state index contributed by atoms with van der Waals surface area (Å²) in [5, 5.41) is 4.83. The molecule has 3 aromatic carbocycles. The van der Waals surface area contributed by atoms with Crippen molar-refractivity contribution in [2.45, 2.75) is 0 Å². The molecular weight excluding hydrogens is 432 g/mol. The van der Waals surface area contributed by atoms with Crippen molar-refractivity contribution in [3.63, 3.8) is 0 Å². The fraction of sp³-hybridized carbons (Fsp3) is 0.0435. The summed E-state index contributed by atoms with van der Waals surface area (Å²) in [7, 11) is 1.54. The Kier molecular flexibility index (Phi) is 4.84. The highest BCUT2D eigenvalue weighted by Crippen LogP contribution is 2.28. The second-order valence-corrected chi connectivity index (χ2v) is 7.34. The molecule has 1 N–H and O–H groups in total. The van der Waals surface area contributed by atoms with Crippen molar-refractivity contribution in [1.29, 1.82) is 0 Å². The molecule has 0 aliphatic carbocycles. The highest BCUT2D eigenvalue weighted by molar-refractivity contribution is 6.33. The number of benzene rings is 3. The maximum Gasteiger partial charge on any atom is 0.333 e. The third-order valence-corrected chi connectivity index (χ3v) is 5.35. The zero-order valence-corrected chi connectivity index (χ0v) is 17.5. The normalized spacial score (nSPS) is 11.1. The van der Waals surface area contributed by atoms with Crippen molar-refractivity contribution in [2.75, 3.05) is 7.11 Å². The number of fused-ring (bicyclic) bond motifs is 1. The second-order valence-electron chi connectivity index (χ2n) is 6.93. The van der Waals surface area contributed by atoms with E-state index in [1.54, 1.807) is 61.7 Å². The van der Waals surface area contributed by atoms with Crippen LogP contribution in [0.3, 0.4) is 0 Å². The molecule has 158 valence electrons. The summed E-state index contributed by atoms with van der Waals surface area (Å²) in [6.45, 7) is 0. The van der Waals surface area contributed by atoms with Crippen LogP contribution in [0.25, 0.3) is 39.4 Å². The maximum absolute atomic E-state index is 13.0. The van der Waals surface area contributed by atoms with Crippen LogP contribution in [0.2, 0.25) is 5.02 Å². The van der Waals surface area contributed by atoms with Crippen LogP contribution in [0.1, 0.15) is 0 Å². The molecule has 9 heteroatoms. The molecule has 2 aromatic heterocycles. The van der Waals surface area contributed by atoms with E-state index >= 15 is 0 Å². The Morgan fingerprint density at radius 2 is 1.81 bits per heavy atom. The first-order valence-corrected chi connectivity index (χ1v) is 9.95. The number of hydrogen-bond acceptors (Lipinski definition) is 6. The number of aromatic amines is 1. The van der Waals surface area contributed by atoms with Gasteiger partial charge in [-0.25, -0.2) is 9.36 Å². The van der Waals surface area contributed by atoms with Crippen LogP contribution in [-0.4, -0.2) is 26.8 Å². The number of hydrogen-bond donors (Lipinski definition) is 1. The Bertz CT molecular complexity index is 1570. The molecule has 0 bridgehead atoms. The monoisotopic (exact) mass is 446 g/mol. The SMILES string of the molecule is COc1ccc(-n2c(=O)[nH]c3cc(-c4nc(-c5ccccc5Cl)no4)ccc3c2=O)cc1. The molecule has 0 atom stereocenters. The molecule has 0 saturated heterocycles. The number of ether oxygens (including phenoxy) is 1. The van der Waals surface area contributed by atoms with Gasteiger partial charge in [-0.05, 0) is 54.6 Å². The molecule has 8 nitrogen and oxygen atoms in total. The van der Waals surface area contributed by atoms with Gasteiger partial charge in [0.1, 0.15) is 5.75 Å². The van der Waals surface area contributed by atoms with E-state index < -0.39 is 11.2 Å². The van der Waals surface area contributed by atoms with Crippen LogP contribution < -0.4 is 16.0 Å². The molecule has 0 unspecified atom stereocenters. The van der Waals surface area contributed by atoms with Gasteiger partial charge in [0, 0.05) is 11.1 Å². The summed E-state index contributed by atoms with van der Waals surface area (Å²) in [5.74, 6) is 1.20. The van der Waals surface area contributed by atoms with Crippen molar-refractivity contribution in [2.24, 2.45) is 0 Å². The first kappa shape index (κ1) is 19.8. The van der Waals surface area contributed by atoms with Gasteiger partial charge in [0.2, 0.25) is 5.82 Å². The summed E-state index contributed by atoms with van der Waals surface area (Å²) < 4.78 is 11.6. The minimum atomic E-state index is -0.563. The number of methoxy groups -OCH3 is 1. The second kappa shape index (κ2) is 7.82. The van der Waals surface area contributed by atoms with Crippen molar-refractivity contribution >= 4 is 22.5 Å². The molecule has 0 spiro atoms. The molecule has 5 rings (SSSR count). The number of aromatic nitrogens is 4. The third-order valence-electron chi connectivity index (χ3n) is 5.02. The summed E-state index contributed by atoms with van der Waals surface area (Å²) in [6, 6.07) is 18.7. The smallest absolute Gasteiger partial charge is 0.333 e. The Balaban J connectivity index is 1.58. The van der Waals surface area contributed by atoms with Gasteiger partial charge in [-0.15, -0.1) is 0 Å². The highest BCUT2D eigenvalue weighted by atomic mass is 35.5. The van der Waals surface area contributed by atoms with Crippen molar-refractivity contribution in [3.05, 3.63) is 92.6 Å². The van der Waals surface area contributed by atoms with E-state index in [2.05, 4.69) is 15.1 Å². The summed E-state index contributed by atoms with van der Waals surface area (Å²) in [5.41, 5.74) is 0.986. The molecule has 0 saturated carbocycles. The van der Waals surface area contributed by atoms with Crippen LogP contribution in [0, 0.1) is 0 Å². The molecule has 32 heavy (non-hydrogen) atoms. The molecule has 5 aromatic rings. The summed E-state index contributed by atoms with van der Waals surface area (Å²) in [6.07, 6.45) is 0. The number of rotatable bonds is 4. The molecule has 2 heterocycles. The maximum atomic E-state index is 13.0. The van der Waals surface area contributed by atoms with E-state index in [0.717, 1.165) is 4.57 Å². The average molecular weight is 447 g/mol. The van der Waals surface area contributed by atoms with E-state index in [-0.39, 0.29) is 5.89 Å². The fourth-order valence-corrected chi connectivity index (χ4v) is 3.63. The van der Waals surface area contributed by atoms with Crippen molar-refractivity contribution in [3.8, 4) is 34.3 Å². The van der Waals surface area contributed by atoms with Gasteiger partial charge in [-0.3, -0.25) is 4.79 Å². The quantitative estimate of drug-likeness (QED) is 0.446. The van der Waals surface area contributed by atoms with E-state index in [4.69, 9.17) is 20.9 Å². The highest BCUT2D eigenvalue weighted by Gasteiger charge is 2.15. The van der Waals surface area contributed by atoms with E-state index in [1.165, 1.54) is 0 Å². The van der Waals surface area contributed by atoms with Gasteiger partial charge < -0.3 is 14.2 Å². The lowest BCUT2D eigenvalue weighted by molar-refractivity contribution is 0.414. The van der Waals surface area contributed by atoms with E-state index in [9.17, 15) is 9.59 Å². The first-order chi connectivity index (χ1) is 15.5. The Morgan fingerprint density at radius 3 is 2.56 bits per heavy atom. The molecule has 0 radical (unpaired) electrons. The minimum absolute atomic E-state index is 0.238. The van der Waals surface area contributed by atoms with Crippen LogP contribution >= 0.6 is 11.6 Å². The number of nitrogens with one attached hydrogen (secondary N) is 1. The fourth-order valence-electron chi connectivity index (χ4n) is 3.41. The van der Waals surface area contributed by atoms with Crippen LogP contribution in [0.5, 0.6) is 5.75 Å². The van der Waals surface area contributed by atoms with Gasteiger partial charge in [0.15, 0.2) is 0 Å². The standard InChI is InChI=1S/C23H15ClN4O4/c1-31-15-9-7-14(8-10-15)28-22(29)17-11-6-13(12-19(17)25-23(28)30)21-26-20(27-32-21)16-4-2-3-5-18(16)24/h2-12H,1H3,(H,25,30). The van der Waals surface area contributed by atoms with E-state index in [0.29, 0.717) is 44.3 Å². The van der Waals surface area contributed by atoms with Crippen molar-refractivity contribution < 1.29 is 9.26 Å². The van der Waals surface area contributed by atoms with Gasteiger partial charge in [-0.1, -0.05) is 28.9 Å². The largest absolute Gasteiger partial charge is 0.497 e. The van der Waals surface area contributed by atoms with Crippen LogP contribution in [0.15, 0.2) is 80.8 Å². The molecule has 0 amide bonds. The van der Waals surface area contributed by atoms with Crippen LogP contribution in [-0.2, 0) is 0 Å². The third kappa shape index (κ3) is 3.36. The van der Waals surface area contributed by atoms with Gasteiger partial charge in [-0.2, -0.15) is 4.98 Å². The average Bonchev–Trinajstić information content (AvgIpc) is 3.29. The van der Waals surface area contributed by atoms with Crippen molar-refractivity contribution in [1.82, 2.24) is 19.7 Å². The molecule has 0 aliphatic heterocycles. The van der Waals surface area contributed by atoms with E-state index in [1.807, 2.05) is 12.1 Å².